The van der Waals surface area contributed by atoms with Crippen molar-refractivity contribution in [2.24, 2.45) is 5.92 Å². The third-order valence-corrected chi connectivity index (χ3v) is 5.40. The van der Waals surface area contributed by atoms with Crippen molar-refractivity contribution in [3.63, 3.8) is 0 Å². The first kappa shape index (κ1) is 17.2. The Labute approximate surface area is 143 Å². The van der Waals surface area contributed by atoms with Crippen molar-refractivity contribution in [3.05, 3.63) is 35.6 Å². The molecule has 1 atom stereocenters. The second-order valence-corrected chi connectivity index (χ2v) is 6.99. The van der Waals surface area contributed by atoms with Crippen molar-refractivity contribution >= 4 is 6.03 Å². The molecule has 1 aliphatic heterocycles. The molecule has 4 nitrogen and oxygen atoms in total. The van der Waals surface area contributed by atoms with E-state index in [0.29, 0.717) is 18.0 Å². The molecule has 2 fully saturated rings. The summed E-state index contributed by atoms with van der Waals surface area (Å²) in [6, 6.07) is 6.99. The van der Waals surface area contributed by atoms with E-state index in [1.54, 1.807) is 12.1 Å². The highest BCUT2D eigenvalue weighted by atomic mass is 19.1. The Balaban J connectivity index is 1.64. The Morgan fingerprint density at radius 2 is 2.00 bits per heavy atom. The van der Waals surface area contributed by atoms with Crippen LogP contribution in [0.3, 0.4) is 0 Å². The summed E-state index contributed by atoms with van der Waals surface area (Å²) in [6.45, 7) is 3.94. The normalized spacial score (nSPS) is 20.2. The lowest BCUT2D eigenvalue weighted by atomic mass is 9.91. The lowest BCUT2D eigenvalue weighted by Crippen LogP contribution is -2.52. The minimum absolute atomic E-state index is 0.0676. The highest BCUT2D eigenvalue weighted by Gasteiger charge is 2.31. The predicted molar refractivity (Wildman–Crippen MR) is 91.1 cm³/mol. The molecular weight excluding hydrogens is 307 g/mol. The Morgan fingerprint density at radius 3 is 2.62 bits per heavy atom. The quantitative estimate of drug-likeness (QED) is 0.892. The smallest absolute Gasteiger partial charge is 0.318 e. The van der Waals surface area contributed by atoms with Gasteiger partial charge in [-0.1, -0.05) is 18.2 Å². The summed E-state index contributed by atoms with van der Waals surface area (Å²) in [5.41, 5.74) is 0.582. The van der Waals surface area contributed by atoms with Crippen molar-refractivity contribution in [1.82, 2.24) is 10.2 Å². The molecule has 2 aliphatic rings. The van der Waals surface area contributed by atoms with Crippen molar-refractivity contribution in [2.75, 3.05) is 13.2 Å². The molecule has 0 radical (unpaired) electrons. The first-order chi connectivity index (χ1) is 11.6. The van der Waals surface area contributed by atoms with Gasteiger partial charge in [-0.3, -0.25) is 0 Å². The van der Waals surface area contributed by atoms with E-state index in [-0.39, 0.29) is 23.9 Å². The van der Waals surface area contributed by atoms with Crippen LogP contribution in [-0.2, 0) is 11.3 Å². The van der Waals surface area contributed by atoms with Crippen LogP contribution in [0.1, 0.15) is 44.6 Å². The maximum Gasteiger partial charge on any atom is 0.318 e. The van der Waals surface area contributed by atoms with Gasteiger partial charge in [-0.2, -0.15) is 0 Å². The van der Waals surface area contributed by atoms with Crippen molar-refractivity contribution in [1.29, 1.82) is 0 Å². The number of urea groups is 1. The zero-order valence-electron chi connectivity index (χ0n) is 14.3. The van der Waals surface area contributed by atoms with Gasteiger partial charge >= 0.3 is 6.03 Å². The molecule has 0 spiro atoms. The first-order valence-electron chi connectivity index (χ1n) is 9.03. The fourth-order valence-corrected chi connectivity index (χ4v) is 3.49. The summed E-state index contributed by atoms with van der Waals surface area (Å²) in [6.07, 6.45) is 5.12. The van der Waals surface area contributed by atoms with Crippen molar-refractivity contribution in [2.45, 2.75) is 57.7 Å². The SMILES string of the molecule is C[C@@H](NC(=O)N(Cc1ccccc1F)C1CCC1)C1CCOCC1. The van der Waals surface area contributed by atoms with Crippen LogP contribution in [0.25, 0.3) is 0 Å². The van der Waals surface area contributed by atoms with Crippen LogP contribution in [0.15, 0.2) is 24.3 Å². The molecule has 1 aliphatic carbocycles. The van der Waals surface area contributed by atoms with Gasteiger partial charge in [0, 0.05) is 30.9 Å². The Kier molecular flexibility index (Phi) is 5.72. The fraction of sp³-hybridized carbons (Fsp3) is 0.632. The molecule has 1 saturated carbocycles. The van der Waals surface area contributed by atoms with E-state index < -0.39 is 0 Å². The number of benzene rings is 1. The number of nitrogens with zero attached hydrogens (tertiary/aromatic N) is 1. The maximum atomic E-state index is 14.0. The molecule has 0 bridgehead atoms. The van der Waals surface area contributed by atoms with Crippen LogP contribution in [-0.4, -0.2) is 36.2 Å². The zero-order valence-corrected chi connectivity index (χ0v) is 14.3. The first-order valence-corrected chi connectivity index (χ1v) is 9.03. The lowest BCUT2D eigenvalue weighted by Gasteiger charge is -2.39. The molecule has 24 heavy (non-hydrogen) atoms. The van der Waals surface area contributed by atoms with Gasteiger partial charge in [0.1, 0.15) is 5.82 Å². The Bertz CT molecular complexity index is 556. The molecule has 1 N–H and O–H groups in total. The third kappa shape index (κ3) is 4.07. The van der Waals surface area contributed by atoms with Gasteiger partial charge < -0.3 is 15.0 Å². The number of hydrogen-bond acceptors (Lipinski definition) is 2. The number of halogens is 1. The number of amides is 2. The average Bonchev–Trinajstić information content (AvgIpc) is 2.55. The largest absolute Gasteiger partial charge is 0.381 e. The van der Waals surface area contributed by atoms with Gasteiger partial charge in [-0.05, 0) is 51.0 Å². The van der Waals surface area contributed by atoms with Crippen LogP contribution in [0.2, 0.25) is 0 Å². The number of nitrogens with one attached hydrogen (secondary N) is 1. The average molecular weight is 334 g/mol. The molecule has 1 heterocycles. The summed E-state index contributed by atoms with van der Waals surface area (Å²) < 4.78 is 19.4. The van der Waals surface area contributed by atoms with Crippen LogP contribution in [0.5, 0.6) is 0 Å². The standard InChI is InChI=1S/C19H27FN2O2/c1-14(15-9-11-24-12-10-15)21-19(23)22(17-6-4-7-17)13-16-5-2-3-8-18(16)20/h2-3,5,8,14-15,17H,4,6-7,9-13H2,1H3,(H,21,23)/t14-/m1/s1. The summed E-state index contributed by atoms with van der Waals surface area (Å²) in [4.78, 5) is 14.6. The van der Waals surface area contributed by atoms with Crippen LogP contribution >= 0.6 is 0 Å². The maximum absolute atomic E-state index is 14.0. The number of carbonyl (C=O) groups excluding carboxylic acids is 1. The molecule has 5 heteroatoms. The van der Waals surface area contributed by atoms with E-state index in [1.807, 2.05) is 11.0 Å². The van der Waals surface area contributed by atoms with E-state index >= 15 is 0 Å². The highest BCUT2D eigenvalue weighted by Crippen LogP contribution is 2.27. The van der Waals surface area contributed by atoms with Crippen molar-refractivity contribution < 1.29 is 13.9 Å². The van der Waals surface area contributed by atoms with E-state index in [4.69, 9.17) is 4.74 Å². The fourth-order valence-electron chi connectivity index (χ4n) is 3.49. The number of rotatable bonds is 5. The van der Waals surface area contributed by atoms with Gasteiger partial charge in [0.15, 0.2) is 0 Å². The van der Waals surface area contributed by atoms with E-state index in [1.165, 1.54) is 6.07 Å². The molecule has 3 rings (SSSR count). The molecule has 2 amide bonds. The van der Waals surface area contributed by atoms with Crippen LogP contribution < -0.4 is 5.32 Å². The minimum Gasteiger partial charge on any atom is -0.381 e. The van der Waals surface area contributed by atoms with E-state index in [9.17, 15) is 9.18 Å². The summed E-state index contributed by atoms with van der Waals surface area (Å²) in [5.74, 6) is 0.214. The summed E-state index contributed by atoms with van der Waals surface area (Å²) >= 11 is 0. The number of ether oxygens (including phenoxy) is 1. The van der Waals surface area contributed by atoms with Crippen LogP contribution in [0.4, 0.5) is 9.18 Å². The van der Waals surface area contributed by atoms with Gasteiger partial charge in [0.25, 0.3) is 0 Å². The zero-order chi connectivity index (χ0) is 16.9. The van der Waals surface area contributed by atoms with Gasteiger partial charge in [-0.15, -0.1) is 0 Å². The van der Waals surface area contributed by atoms with E-state index in [2.05, 4.69) is 12.2 Å². The minimum atomic E-state index is -0.243. The van der Waals surface area contributed by atoms with Gasteiger partial charge in [0.05, 0.1) is 6.54 Å². The van der Waals surface area contributed by atoms with Gasteiger partial charge in [-0.25, -0.2) is 9.18 Å². The van der Waals surface area contributed by atoms with Crippen LogP contribution in [0, 0.1) is 11.7 Å². The molecule has 1 aromatic carbocycles. The monoisotopic (exact) mass is 334 g/mol. The Morgan fingerprint density at radius 1 is 1.29 bits per heavy atom. The lowest BCUT2D eigenvalue weighted by molar-refractivity contribution is 0.0548. The van der Waals surface area contributed by atoms with Gasteiger partial charge in [0.2, 0.25) is 0 Å². The number of hydrogen-bond donors (Lipinski definition) is 1. The third-order valence-electron chi connectivity index (χ3n) is 5.40. The number of carbonyl (C=O) groups is 1. The molecule has 1 saturated heterocycles. The second kappa shape index (κ2) is 7.97. The van der Waals surface area contributed by atoms with Crippen molar-refractivity contribution in [3.8, 4) is 0 Å². The molecule has 1 aromatic rings. The molecule has 0 aromatic heterocycles. The predicted octanol–water partition coefficient (Wildman–Crippen LogP) is 3.70. The van der Waals surface area contributed by atoms with E-state index in [0.717, 1.165) is 45.3 Å². The molecule has 0 unspecified atom stereocenters. The summed E-state index contributed by atoms with van der Waals surface area (Å²) in [7, 11) is 0. The summed E-state index contributed by atoms with van der Waals surface area (Å²) in [5, 5.41) is 3.15. The Hall–Kier alpha value is -1.62. The molecular formula is C19H27FN2O2. The molecule has 132 valence electrons. The highest BCUT2D eigenvalue weighted by molar-refractivity contribution is 5.75. The second-order valence-electron chi connectivity index (χ2n) is 6.99. The topological polar surface area (TPSA) is 41.6 Å².